The highest BCUT2D eigenvalue weighted by molar-refractivity contribution is 7.13. The largest absolute Gasteiger partial charge is 0.304 e. The molecule has 0 saturated heterocycles. The SMILES string of the molecule is Cc1c2c(c(-c3ccccc3)n(Cc3ccccc3)c1=O)[Si@@](C#Cc1ccccc1)(C(C)(C)C)c1ccccc1-2. The Morgan fingerprint density at radius 3 is 1.98 bits per heavy atom. The van der Waals surface area contributed by atoms with Gasteiger partial charge in [0.05, 0.1) is 12.2 Å². The van der Waals surface area contributed by atoms with E-state index in [1.54, 1.807) is 0 Å². The number of rotatable bonds is 3. The Kier molecular flexibility index (Phi) is 6.45. The van der Waals surface area contributed by atoms with Gasteiger partial charge in [-0.15, -0.1) is 5.54 Å². The molecule has 5 aromatic rings. The Morgan fingerprint density at radius 1 is 0.750 bits per heavy atom. The summed E-state index contributed by atoms with van der Waals surface area (Å²) in [4.78, 5) is 14.3. The van der Waals surface area contributed by atoms with Crippen molar-refractivity contribution in [3.05, 3.63) is 142 Å². The molecule has 0 saturated carbocycles. The van der Waals surface area contributed by atoms with Crippen LogP contribution in [0.4, 0.5) is 0 Å². The van der Waals surface area contributed by atoms with E-state index in [0.717, 1.165) is 33.5 Å². The summed E-state index contributed by atoms with van der Waals surface area (Å²) in [6.45, 7) is 9.52. The van der Waals surface area contributed by atoms with Gasteiger partial charge in [0.2, 0.25) is 8.07 Å². The van der Waals surface area contributed by atoms with E-state index in [0.29, 0.717) is 6.54 Å². The van der Waals surface area contributed by atoms with Crippen LogP contribution in [0.3, 0.4) is 0 Å². The maximum absolute atomic E-state index is 14.3. The van der Waals surface area contributed by atoms with Crippen LogP contribution in [0, 0.1) is 18.4 Å². The quantitative estimate of drug-likeness (QED) is 0.184. The van der Waals surface area contributed by atoms with Crippen molar-refractivity contribution in [2.24, 2.45) is 0 Å². The van der Waals surface area contributed by atoms with E-state index >= 15 is 0 Å². The summed E-state index contributed by atoms with van der Waals surface area (Å²) in [5, 5.41) is 2.42. The minimum Gasteiger partial charge on any atom is -0.304 e. The number of benzene rings is 4. The summed E-state index contributed by atoms with van der Waals surface area (Å²) in [6, 6.07) is 39.7. The van der Waals surface area contributed by atoms with Crippen LogP contribution in [0.1, 0.15) is 37.5 Å². The van der Waals surface area contributed by atoms with E-state index in [2.05, 4.69) is 105 Å². The lowest BCUT2D eigenvalue weighted by atomic mass is 9.98. The van der Waals surface area contributed by atoms with E-state index < -0.39 is 8.07 Å². The third kappa shape index (κ3) is 4.08. The fourth-order valence-electron chi connectivity index (χ4n) is 6.31. The maximum Gasteiger partial charge on any atom is 0.254 e. The van der Waals surface area contributed by atoms with Crippen LogP contribution in [0.25, 0.3) is 22.4 Å². The lowest BCUT2D eigenvalue weighted by Gasteiger charge is -2.39. The summed E-state index contributed by atoms with van der Waals surface area (Å²) in [7, 11) is -2.81. The van der Waals surface area contributed by atoms with Gasteiger partial charge in [0.1, 0.15) is 0 Å². The van der Waals surface area contributed by atoms with Crippen LogP contribution < -0.4 is 15.9 Å². The Balaban J connectivity index is 1.80. The Hall–Kier alpha value is -4.39. The van der Waals surface area contributed by atoms with Gasteiger partial charge >= 0.3 is 0 Å². The molecule has 1 atom stereocenters. The van der Waals surface area contributed by atoms with Crippen LogP contribution >= 0.6 is 0 Å². The molecule has 0 radical (unpaired) electrons. The minimum atomic E-state index is -2.81. The van der Waals surface area contributed by atoms with Crippen molar-refractivity contribution in [3.8, 4) is 33.8 Å². The van der Waals surface area contributed by atoms with Gasteiger partial charge in [-0.2, -0.15) is 0 Å². The molecule has 0 N–H and O–H groups in total. The second kappa shape index (κ2) is 9.97. The first kappa shape index (κ1) is 25.9. The molecule has 1 aromatic heterocycles. The molecular weight excluding hydrogens is 502 g/mol. The summed E-state index contributed by atoms with van der Waals surface area (Å²) in [5.74, 6) is 3.62. The van der Waals surface area contributed by atoms with E-state index in [-0.39, 0.29) is 10.6 Å². The number of hydrogen-bond acceptors (Lipinski definition) is 1. The molecule has 2 nitrogen and oxygen atoms in total. The molecular formula is C37H33NOSi. The van der Waals surface area contributed by atoms with Gasteiger partial charge in [-0.05, 0) is 56.7 Å². The second-order valence-electron chi connectivity index (χ2n) is 11.6. The second-order valence-corrected chi connectivity index (χ2v) is 15.9. The van der Waals surface area contributed by atoms with Gasteiger partial charge < -0.3 is 4.57 Å². The Morgan fingerprint density at radius 2 is 1.32 bits per heavy atom. The zero-order valence-corrected chi connectivity index (χ0v) is 24.5. The molecule has 4 aromatic carbocycles. The fourth-order valence-corrected chi connectivity index (χ4v) is 11.4. The van der Waals surface area contributed by atoms with Gasteiger partial charge in [-0.25, -0.2) is 0 Å². The van der Waals surface area contributed by atoms with Crippen molar-refractivity contribution in [2.45, 2.75) is 39.3 Å². The van der Waals surface area contributed by atoms with Crippen molar-refractivity contribution in [1.82, 2.24) is 4.57 Å². The normalized spacial score (nSPS) is 15.6. The molecule has 0 fully saturated rings. The molecule has 196 valence electrons. The van der Waals surface area contributed by atoms with Crippen LogP contribution in [0.2, 0.25) is 5.04 Å². The standard InChI is InChI=1S/C37H33NOSi/c1-27-33-31-22-14-15-23-32(31)40(37(2,3)4,25-24-28-16-8-5-9-17-28)35(33)34(30-20-12-7-13-21-30)38(36(27)39)26-29-18-10-6-11-19-29/h5-23H,26H2,1-4H3/t40-/m0/s1. The van der Waals surface area contributed by atoms with E-state index in [1.807, 2.05) is 54.0 Å². The summed E-state index contributed by atoms with van der Waals surface area (Å²) >= 11 is 0. The van der Waals surface area contributed by atoms with Crippen LogP contribution in [0.5, 0.6) is 0 Å². The first-order chi connectivity index (χ1) is 19.3. The predicted molar refractivity (Wildman–Crippen MR) is 170 cm³/mol. The number of hydrogen-bond donors (Lipinski definition) is 0. The lowest BCUT2D eigenvalue weighted by Crippen LogP contribution is -2.62. The van der Waals surface area contributed by atoms with Crippen LogP contribution in [-0.4, -0.2) is 12.6 Å². The molecule has 2 heterocycles. The molecule has 0 bridgehead atoms. The van der Waals surface area contributed by atoms with Crippen molar-refractivity contribution in [3.63, 3.8) is 0 Å². The Labute approximate surface area is 238 Å². The van der Waals surface area contributed by atoms with Crippen molar-refractivity contribution in [1.29, 1.82) is 0 Å². The lowest BCUT2D eigenvalue weighted by molar-refractivity contribution is 0.737. The Bertz CT molecular complexity index is 1820. The third-order valence-electron chi connectivity index (χ3n) is 8.20. The molecule has 6 rings (SSSR count). The zero-order chi connectivity index (χ0) is 27.9. The summed E-state index contributed by atoms with van der Waals surface area (Å²) < 4.78 is 2.02. The number of nitrogens with zero attached hydrogens (tertiary/aromatic N) is 1. The smallest absolute Gasteiger partial charge is 0.254 e. The number of aromatic nitrogens is 1. The first-order valence-electron chi connectivity index (χ1n) is 13.9. The third-order valence-corrected chi connectivity index (χ3v) is 13.4. The van der Waals surface area contributed by atoms with Gasteiger partial charge in [-0.3, -0.25) is 4.79 Å². The van der Waals surface area contributed by atoms with Gasteiger partial charge in [0, 0.05) is 11.1 Å². The highest BCUT2D eigenvalue weighted by Crippen LogP contribution is 2.45. The van der Waals surface area contributed by atoms with Crippen LogP contribution in [0.15, 0.2) is 120 Å². The summed E-state index contributed by atoms with van der Waals surface area (Å²) in [5.41, 5.74) is 11.3. The molecule has 3 heteroatoms. The average Bonchev–Trinajstić information content (AvgIpc) is 3.28. The van der Waals surface area contributed by atoms with E-state index in [1.165, 1.54) is 15.9 Å². The predicted octanol–water partition coefficient (Wildman–Crippen LogP) is 6.81. The van der Waals surface area contributed by atoms with Gasteiger partial charge in [0.25, 0.3) is 5.56 Å². The molecule has 40 heavy (non-hydrogen) atoms. The first-order valence-corrected chi connectivity index (χ1v) is 15.9. The highest BCUT2D eigenvalue weighted by Gasteiger charge is 2.55. The van der Waals surface area contributed by atoms with E-state index in [9.17, 15) is 4.79 Å². The summed E-state index contributed by atoms with van der Waals surface area (Å²) in [6.07, 6.45) is 0. The van der Waals surface area contributed by atoms with Crippen molar-refractivity contribution >= 4 is 18.4 Å². The molecule has 1 aliphatic rings. The average molecular weight is 536 g/mol. The molecule has 1 aliphatic heterocycles. The zero-order valence-electron chi connectivity index (χ0n) is 23.5. The maximum atomic E-state index is 14.3. The van der Waals surface area contributed by atoms with Crippen molar-refractivity contribution < 1.29 is 0 Å². The topological polar surface area (TPSA) is 22.0 Å². The van der Waals surface area contributed by atoms with Gasteiger partial charge in [-0.1, -0.05) is 130 Å². The highest BCUT2D eigenvalue weighted by atomic mass is 28.3. The monoisotopic (exact) mass is 535 g/mol. The molecule has 0 spiro atoms. The van der Waals surface area contributed by atoms with Gasteiger partial charge in [0.15, 0.2) is 0 Å². The molecule has 0 aliphatic carbocycles. The van der Waals surface area contributed by atoms with Crippen molar-refractivity contribution in [2.75, 3.05) is 0 Å². The van der Waals surface area contributed by atoms with Crippen LogP contribution in [-0.2, 0) is 6.54 Å². The minimum absolute atomic E-state index is 0.0611. The van der Waals surface area contributed by atoms with E-state index in [4.69, 9.17) is 0 Å². The molecule has 0 amide bonds. The number of pyridine rings is 1. The number of fused-ring (bicyclic) bond motifs is 3. The fraction of sp³-hybridized carbons (Fsp3) is 0.162. The molecule has 0 unspecified atom stereocenters.